The summed E-state index contributed by atoms with van der Waals surface area (Å²) in [5.41, 5.74) is 0. The number of rotatable bonds is 4. The summed E-state index contributed by atoms with van der Waals surface area (Å²) in [4.78, 5) is 12.9. The Hall–Kier alpha value is -0.570. The Morgan fingerprint density at radius 2 is 2.15 bits per heavy atom. The van der Waals surface area contributed by atoms with Gasteiger partial charge in [-0.25, -0.2) is 0 Å². The molecule has 1 saturated heterocycles. The van der Waals surface area contributed by atoms with Gasteiger partial charge in [0.05, 0.1) is 0 Å². The number of carbonyl (C=O) groups is 1. The van der Waals surface area contributed by atoms with Crippen molar-refractivity contribution in [3.63, 3.8) is 0 Å². The molecule has 1 aliphatic heterocycles. The van der Waals surface area contributed by atoms with E-state index in [-0.39, 0.29) is 0 Å². The van der Waals surface area contributed by atoms with Crippen LogP contribution in [0.3, 0.4) is 0 Å². The van der Waals surface area contributed by atoms with E-state index in [9.17, 15) is 4.79 Å². The summed E-state index contributed by atoms with van der Waals surface area (Å²) in [7, 11) is 0. The Morgan fingerprint density at radius 1 is 1.38 bits per heavy atom. The highest BCUT2D eigenvalue weighted by atomic mass is 16.4. The van der Waals surface area contributed by atoms with Crippen molar-refractivity contribution in [3.05, 3.63) is 0 Å². The third-order valence-corrected chi connectivity index (χ3v) is 3.42. The lowest BCUT2D eigenvalue weighted by molar-refractivity contribution is -0.138. The molecule has 0 aromatic carbocycles. The Balaban J connectivity index is 1.71. The van der Waals surface area contributed by atoms with Gasteiger partial charge in [0.25, 0.3) is 0 Å². The quantitative estimate of drug-likeness (QED) is 0.717. The molecule has 0 spiro atoms. The van der Waals surface area contributed by atoms with Gasteiger partial charge < -0.3 is 5.11 Å². The summed E-state index contributed by atoms with van der Waals surface area (Å²) in [6, 6.07) is 1.38. The lowest BCUT2D eigenvalue weighted by Gasteiger charge is -2.49. The molecule has 3 nitrogen and oxygen atoms in total. The van der Waals surface area contributed by atoms with Crippen molar-refractivity contribution in [2.75, 3.05) is 6.54 Å². The van der Waals surface area contributed by atoms with Gasteiger partial charge in [-0.3, -0.25) is 9.69 Å². The van der Waals surface area contributed by atoms with Crippen molar-refractivity contribution in [2.45, 2.75) is 50.6 Å². The smallest absolute Gasteiger partial charge is 0.303 e. The van der Waals surface area contributed by atoms with Crippen molar-refractivity contribution in [2.24, 2.45) is 0 Å². The number of carboxylic acids is 1. The summed E-state index contributed by atoms with van der Waals surface area (Å²) in [5, 5.41) is 8.56. The first-order valence-corrected chi connectivity index (χ1v) is 5.25. The van der Waals surface area contributed by atoms with Crippen LogP contribution in [0.4, 0.5) is 0 Å². The molecule has 13 heavy (non-hydrogen) atoms. The zero-order chi connectivity index (χ0) is 9.26. The molecule has 1 aliphatic carbocycles. The standard InChI is InChI=1S/C10H17NO2/c12-10(13)5-4-9-6-7-11(9)8-2-1-3-8/h8-9H,1-7H2,(H,12,13). The lowest BCUT2D eigenvalue weighted by Crippen LogP contribution is -2.55. The molecule has 1 atom stereocenters. The molecule has 0 radical (unpaired) electrons. The summed E-state index contributed by atoms with van der Waals surface area (Å²) in [6.07, 6.45) is 6.45. The minimum atomic E-state index is -0.652. The van der Waals surface area contributed by atoms with Crippen LogP contribution in [0.1, 0.15) is 38.5 Å². The molecule has 3 heteroatoms. The summed E-state index contributed by atoms with van der Waals surface area (Å²) in [5.74, 6) is -0.652. The van der Waals surface area contributed by atoms with Crippen LogP contribution in [0.25, 0.3) is 0 Å². The van der Waals surface area contributed by atoms with Crippen LogP contribution in [-0.4, -0.2) is 34.6 Å². The van der Waals surface area contributed by atoms with Crippen molar-refractivity contribution in [1.82, 2.24) is 4.90 Å². The first-order chi connectivity index (χ1) is 6.27. The monoisotopic (exact) mass is 183 g/mol. The minimum Gasteiger partial charge on any atom is -0.481 e. The van der Waals surface area contributed by atoms with E-state index in [1.165, 1.54) is 32.2 Å². The summed E-state index contributed by atoms with van der Waals surface area (Å²) < 4.78 is 0. The van der Waals surface area contributed by atoms with Gasteiger partial charge in [-0.2, -0.15) is 0 Å². The largest absolute Gasteiger partial charge is 0.481 e. The first-order valence-electron chi connectivity index (χ1n) is 5.25. The van der Waals surface area contributed by atoms with E-state index in [4.69, 9.17) is 5.11 Å². The molecule has 1 unspecified atom stereocenters. The van der Waals surface area contributed by atoms with Crippen LogP contribution in [0.2, 0.25) is 0 Å². The predicted octanol–water partition coefficient (Wildman–Crippen LogP) is 1.48. The fraction of sp³-hybridized carbons (Fsp3) is 0.900. The molecular weight excluding hydrogens is 166 g/mol. The Morgan fingerprint density at radius 3 is 2.54 bits per heavy atom. The van der Waals surface area contributed by atoms with E-state index in [0.717, 1.165) is 12.5 Å². The van der Waals surface area contributed by atoms with Gasteiger partial charge in [0.15, 0.2) is 0 Å². The molecule has 1 saturated carbocycles. The van der Waals surface area contributed by atoms with Gasteiger partial charge in [-0.05, 0) is 25.7 Å². The van der Waals surface area contributed by atoms with Gasteiger partial charge in [0, 0.05) is 25.0 Å². The van der Waals surface area contributed by atoms with Crippen molar-refractivity contribution in [1.29, 1.82) is 0 Å². The van der Waals surface area contributed by atoms with E-state index in [0.29, 0.717) is 12.5 Å². The number of hydrogen-bond acceptors (Lipinski definition) is 2. The van der Waals surface area contributed by atoms with E-state index >= 15 is 0 Å². The molecule has 2 fully saturated rings. The average Bonchev–Trinajstić information content (AvgIpc) is 1.93. The van der Waals surface area contributed by atoms with Crippen LogP contribution >= 0.6 is 0 Å². The highest BCUT2D eigenvalue weighted by Gasteiger charge is 2.36. The molecule has 0 aromatic rings. The zero-order valence-corrected chi connectivity index (χ0v) is 7.91. The Kier molecular flexibility index (Phi) is 2.54. The van der Waals surface area contributed by atoms with Gasteiger partial charge in [0.2, 0.25) is 0 Å². The second kappa shape index (κ2) is 3.66. The van der Waals surface area contributed by atoms with Gasteiger partial charge in [-0.1, -0.05) is 6.42 Å². The normalized spacial score (nSPS) is 29.4. The van der Waals surface area contributed by atoms with Gasteiger partial charge in [0.1, 0.15) is 0 Å². The third-order valence-electron chi connectivity index (χ3n) is 3.42. The lowest BCUT2D eigenvalue weighted by atomic mass is 9.85. The molecule has 0 aromatic heterocycles. The topological polar surface area (TPSA) is 40.5 Å². The molecule has 74 valence electrons. The molecule has 2 rings (SSSR count). The fourth-order valence-electron chi connectivity index (χ4n) is 2.26. The second-order valence-corrected chi connectivity index (χ2v) is 4.20. The number of carboxylic acid groups (broad SMARTS) is 1. The summed E-state index contributed by atoms with van der Waals surface area (Å²) >= 11 is 0. The third kappa shape index (κ3) is 1.85. The maximum absolute atomic E-state index is 10.4. The molecule has 1 heterocycles. The Labute approximate surface area is 78.7 Å². The van der Waals surface area contributed by atoms with E-state index < -0.39 is 5.97 Å². The van der Waals surface area contributed by atoms with Crippen molar-refractivity contribution in [3.8, 4) is 0 Å². The van der Waals surface area contributed by atoms with Crippen molar-refractivity contribution < 1.29 is 9.90 Å². The van der Waals surface area contributed by atoms with Crippen LogP contribution in [0.15, 0.2) is 0 Å². The van der Waals surface area contributed by atoms with E-state index in [2.05, 4.69) is 4.90 Å². The highest BCUT2D eigenvalue weighted by molar-refractivity contribution is 5.66. The fourth-order valence-corrected chi connectivity index (χ4v) is 2.26. The van der Waals surface area contributed by atoms with Crippen molar-refractivity contribution >= 4 is 5.97 Å². The molecule has 0 amide bonds. The number of hydrogen-bond donors (Lipinski definition) is 1. The highest BCUT2D eigenvalue weighted by Crippen LogP contribution is 2.33. The molecule has 1 N–H and O–H groups in total. The van der Waals surface area contributed by atoms with Crippen LogP contribution in [0, 0.1) is 0 Å². The van der Waals surface area contributed by atoms with E-state index in [1.54, 1.807) is 0 Å². The number of likely N-dealkylation sites (tertiary alicyclic amines) is 1. The molecule has 2 aliphatic rings. The maximum Gasteiger partial charge on any atom is 0.303 e. The molecule has 0 bridgehead atoms. The van der Waals surface area contributed by atoms with E-state index in [1.807, 2.05) is 0 Å². The average molecular weight is 183 g/mol. The number of aliphatic carboxylic acids is 1. The minimum absolute atomic E-state index is 0.341. The van der Waals surface area contributed by atoms with Crippen LogP contribution in [-0.2, 0) is 4.79 Å². The first kappa shape index (κ1) is 9.00. The predicted molar refractivity (Wildman–Crippen MR) is 49.6 cm³/mol. The second-order valence-electron chi connectivity index (χ2n) is 4.20. The van der Waals surface area contributed by atoms with Crippen LogP contribution in [0.5, 0.6) is 0 Å². The zero-order valence-electron chi connectivity index (χ0n) is 7.91. The van der Waals surface area contributed by atoms with Gasteiger partial charge >= 0.3 is 5.97 Å². The summed E-state index contributed by atoms with van der Waals surface area (Å²) in [6.45, 7) is 1.20. The Bertz CT molecular complexity index is 201. The number of nitrogens with zero attached hydrogens (tertiary/aromatic N) is 1. The van der Waals surface area contributed by atoms with Crippen LogP contribution < -0.4 is 0 Å². The SMILES string of the molecule is O=C(O)CCC1CCN1C1CCC1. The van der Waals surface area contributed by atoms with Gasteiger partial charge in [-0.15, -0.1) is 0 Å². The maximum atomic E-state index is 10.4. The molecular formula is C10H17NO2.